The van der Waals surface area contributed by atoms with Gasteiger partial charge in [-0.15, -0.1) is 0 Å². The summed E-state index contributed by atoms with van der Waals surface area (Å²) >= 11 is 5.95. The fraction of sp³-hybridized carbons (Fsp3) is 0.667. The normalized spacial score (nSPS) is 37.5. The van der Waals surface area contributed by atoms with Gasteiger partial charge < -0.3 is 5.32 Å². The average molecular weight is 292 g/mol. The fourth-order valence-corrected chi connectivity index (χ4v) is 4.01. The monoisotopic (exact) mass is 291 g/mol. The van der Waals surface area contributed by atoms with Crippen molar-refractivity contribution in [1.29, 1.82) is 0 Å². The highest BCUT2D eigenvalue weighted by Crippen LogP contribution is 2.39. The van der Waals surface area contributed by atoms with Crippen molar-refractivity contribution in [1.82, 2.24) is 5.32 Å². The maximum absolute atomic E-state index is 5.95. The molecule has 2 heteroatoms. The summed E-state index contributed by atoms with van der Waals surface area (Å²) in [5, 5.41) is 4.76. The molecular weight excluding hydrogens is 266 g/mol. The molecule has 2 saturated carbocycles. The van der Waals surface area contributed by atoms with Gasteiger partial charge in [0, 0.05) is 17.1 Å². The number of halogens is 1. The Kier molecular flexibility index (Phi) is 4.37. The molecule has 3 unspecified atom stereocenters. The summed E-state index contributed by atoms with van der Waals surface area (Å²) in [5.41, 5.74) is 1.46. The Hall–Kier alpha value is -0.530. The Morgan fingerprint density at radius 1 is 1.05 bits per heavy atom. The first kappa shape index (κ1) is 14.4. The third kappa shape index (κ3) is 3.04. The van der Waals surface area contributed by atoms with Crippen molar-refractivity contribution in [2.75, 3.05) is 0 Å². The molecule has 0 bridgehead atoms. The van der Waals surface area contributed by atoms with Crippen molar-refractivity contribution >= 4 is 11.6 Å². The molecule has 0 amide bonds. The lowest BCUT2D eigenvalue weighted by Gasteiger charge is -2.43. The average Bonchev–Trinajstić information content (AvgIpc) is 2.39. The maximum Gasteiger partial charge on any atom is 0.0406 e. The van der Waals surface area contributed by atoms with E-state index >= 15 is 0 Å². The highest BCUT2D eigenvalue weighted by atomic mass is 35.5. The number of hydrogen-bond acceptors (Lipinski definition) is 1. The predicted octanol–water partition coefficient (Wildman–Crippen LogP) is 5.00. The largest absolute Gasteiger partial charge is 0.311 e. The van der Waals surface area contributed by atoms with Crippen molar-refractivity contribution in [3.05, 3.63) is 34.9 Å². The van der Waals surface area contributed by atoms with Gasteiger partial charge in [-0.3, -0.25) is 0 Å². The van der Waals surface area contributed by atoms with Gasteiger partial charge in [0.15, 0.2) is 0 Å². The lowest BCUT2D eigenvalue weighted by molar-refractivity contribution is 0.162. The van der Waals surface area contributed by atoms with Gasteiger partial charge in [0.1, 0.15) is 0 Å². The third-order valence-corrected chi connectivity index (χ3v) is 5.89. The summed E-state index contributed by atoms with van der Waals surface area (Å²) in [5.74, 6) is 2.45. The molecule has 2 aliphatic carbocycles. The molecule has 3 atom stereocenters. The lowest BCUT2D eigenvalue weighted by atomic mass is 9.73. The van der Waals surface area contributed by atoms with Crippen LogP contribution < -0.4 is 5.32 Å². The molecule has 0 saturated heterocycles. The summed E-state index contributed by atoms with van der Waals surface area (Å²) in [7, 11) is 0. The van der Waals surface area contributed by atoms with E-state index in [0.717, 1.165) is 34.9 Å². The highest BCUT2D eigenvalue weighted by molar-refractivity contribution is 6.30. The molecule has 0 spiro atoms. The molecule has 2 aliphatic rings. The van der Waals surface area contributed by atoms with E-state index in [1.807, 2.05) is 12.1 Å². The predicted molar refractivity (Wildman–Crippen MR) is 86.3 cm³/mol. The topological polar surface area (TPSA) is 12.0 Å². The Labute approximate surface area is 128 Å². The van der Waals surface area contributed by atoms with Gasteiger partial charge in [-0.05, 0) is 54.7 Å². The summed E-state index contributed by atoms with van der Waals surface area (Å²) in [6.07, 6.45) is 6.76. The first-order chi connectivity index (χ1) is 9.63. The van der Waals surface area contributed by atoms with Gasteiger partial charge in [-0.2, -0.15) is 0 Å². The molecule has 3 rings (SSSR count). The van der Waals surface area contributed by atoms with Crippen LogP contribution in [0.3, 0.4) is 0 Å². The van der Waals surface area contributed by atoms with E-state index in [-0.39, 0.29) is 0 Å². The molecule has 20 heavy (non-hydrogen) atoms. The third-order valence-electron chi connectivity index (χ3n) is 5.64. The van der Waals surface area contributed by atoms with Crippen LogP contribution in [-0.4, -0.2) is 12.1 Å². The summed E-state index contributed by atoms with van der Waals surface area (Å²) < 4.78 is 0. The molecule has 110 valence electrons. The molecule has 1 N–H and O–H groups in total. The molecule has 1 nitrogen and oxygen atoms in total. The van der Waals surface area contributed by atoms with E-state index in [1.54, 1.807) is 0 Å². The van der Waals surface area contributed by atoms with Gasteiger partial charge in [0.05, 0.1) is 0 Å². The Bertz CT molecular complexity index is 435. The van der Waals surface area contributed by atoms with Crippen molar-refractivity contribution in [3.8, 4) is 0 Å². The van der Waals surface area contributed by atoms with Crippen LogP contribution in [0.5, 0.6) is 0 Å². The zero-order valence-corrected chi connectivity index (χ0v) is 13.4. The quantitative estimate of drug-likeness (QED) is 0.826. The van der Waals surface area contributed by atoms with Crippen LogP contribution >= 0.6 is 11.6 Å². The van der Waals surface area contributed by atoms with E-state index in [9.17, 15) is 0 Å². The van der Waals surface area contributed by atoms with Crippen molar-refractivity contribution in [2.45, 2.75) is 64.0 Å². The number of benzene rings is 1. The first-order valence-electron chi connectivity index (χ1n) is 8.15. The van der Waals surface area contributed by atoms with Crippen LogP contribution in [0.25, 0.3) is 0 Å². The Morgan fingerprint density at radius 2 is 1.75 bits per heavy atom. The van der Waals surface area contributed by atoms with Gasteiger partial charge in [-0.1, -0.05) is 50.4 Å². The second-order valence-electron chi connectivity index (χ2n) is 6.96. The number of nitrogens with one attached hydrogen (secondary N) is 1. The zero-order chi connectivity index (χ0) is 14.1. The highest BCUT2D eigenvalue weighted by Gasteiger charge is 2.34. The minimum atomic E-state index is 0.730. The molecule has 0 aromatic heterocycles. The van der Waals surface area contributed by atoms with Crippen LogP contribution in [0.15, 0.2) is 24.3 Å². The fourth-order valence-electron chi connectivity index (χ4n) is 3.88. The standard InChI is InChI=1S/C18H26ClN/c1-12-4-3-5-18(13(12)2)20-17-10-15(11-17)14-6-8-16(19)9-7-14/h6-9,12-13,15,17-18,20H,3-5,10-11H2,1-2H3. The molecule has 0 radical (unpaired) electrons. The van der Waals surface area contributed by atoms with E-state index in [4.69, 9.17) is 11.6 Å². The van der Waals surface area contributed by atoms with Gasteiger partial charge in [0.25, 0.3) is 0 Å². The van der Waals surface area contributed by atoms with Crippen molar-refractivity contribution in [3.63, 3.8) is 0 Å². The Balaban J connectivity index is 1.49. The second kappa shape index (κ2) is 6.07. The number of hydrogen-bond donors (Lipinski definition) is 1. The molecular formula is C18H26ClN. The summed E-state index contributed by atoms with van der Waals surface area (Å²) in [4.78, 5) is 0. The van der Waals surface area contributed by atoms with Crippen LogP contribution in [0.2, 0.25) is 5.02 Å². The van der Waals surface area contributed by atoms with Crippen LogP contribution in [-0.2, 0) is 0 Å². The summed E-state index contributed by atoms with van der Waals surface area (Å²) in [6, 6.07) is 9.89. The molecule has 1 aromatic rings. The van der Waals surface area contributed by atoms with Crippen molar-refractivity contribution < 1.29 is 0 Å². The van der Waals surface area contributed by atoms with Gasteiger partial charge in [0.2, 0.25) is 0 Å². The van der Waals surface area contributed by atoms with Gasteiger partial charge >= 0.3 is 0 Å². The first-order valence-corrected chi connectivity index (χ1v) is 8.53. The van der Waals surface area contributed by atoms with Crippen molar-refractivity contribution in [2.24, 2.45) is 11.8 Å². The van der Waals surface area contributed by atoms with Crippen LogP contribution in [0.4, 0.5) is 0 Å². The molecule has 0 heterocycles. The smallest absolute Gasteiger partial charge is 0.0406 e. The minimum absolute atomic E-state index is 0.730. The Morgan fingerprint density at radius 3 is 2.45 bits per heavy atom. The maximum atomic E-state index is 5.95. The van der Waals surface area contributed by atoms with Gasteiger partial charge in [-0.25, -0.2) is 0 Å². The van der Waals surface area contributed by atoms with E-state index in [1.165, 1.54) is 37.7 Å². The molecule has 0 aliphatic heterocycles. The SMILES string of the molecule is CC1CCCC(NC2CC(c3ccc(Cl)cc3)C2)C1C. The molecule has 2 fully saturated rings. The minimum Gasteiger partial charge on any atom is -0.311 e. The number of rotatable bonds is 3. The second-order valence-corrected chi connectivity index (χ2v) is 7.39. The molecule has 1 aromatic carbocycles. The summed E-state index contributed by atoms with van der Waals surface area (Å²) in [6.45, 7) is 4.84. The van der Waals surface area contributed by atoms with Crippen LogP contribution in [0, 0.1) is 11.8 Å². The zero-order valence-electron chi connectivity index (χ0n) is 12.6. The van der Waals surface area contributed by atoms with E-state index < -0.39 is 0 Å². The lowest BCUT2D eigenvalue weighted by Crippen LogP contribution is -2.50. The van der Waals surface area contributed by atoms with E-state index in [2.05, 4.69) is 31.3 Å². The van der Waals surface area contributed by atoms with E-state index in [0.29, 0.717) is 0 Å². The van der Waals surface area contributed by atoms with Crippen LogP contribution in [0.1, 0.15) is 57.4 Å².